The van der Waals surface area contributed by atoms with Gasteiger partial charge in [-0.3, -0.25) is 0 Å². The summed E-state index contributed by atoms with van der Waals surface area (Å²) < 4.78 is 50.0. The van der Waals surface area contributed by atoms with E-state index in [2.05, 4.69) is 9.97 Å². The normalized spacial score (nSPS) is 11.6. The fourth-order valence-corrected chi connectivity index (χ4v) is 3.69. The average Bonchev–Trinajstić information content (AvgIpc) is 2.65. The maximum Gasteiger partial charge on any atom is 0.451 e. The second-order valence-electron chi connectivity index (χ2n) is 5.79. The molecule has 0 bridgehead atoms. The van der Waals surface area contributed by atoms with Crippen molar-refractivity contribution >= 4 is 22.7 Å². The van der Waals surface area contributed by atoms with Gasteiger partial charge in [-0.05, 0) is 36.2 Å². The minimum atomic E-state index is -4.60. The molecule has 142 valence electrons. The second kappa shape index (κ2) is 7.64. The Hall–Kier alpha value is -2.48. The molecule has 2 aromatic carbocycles. The van der Waals surface area contributed by atoms with Gasteiger partial charge in [0.25, 0.3) is 0 Å². The molecule has 3 rings (SSSR count). The molecular formula is C19H17F3N2O2S. The van der Waals surface area contributed by atoms with Crippen molar-refractivity contribution in [2.45, 2.75) is 23.9 Å². The highest BCUT2D eigenvalue weighted by Crippen LogP contribution is 2.36. The maximum absolute atomic E-state index is 13.1. The lowest BCUT2D eigenvalue weighted by molar-refractivity contribution is -0.145. The van der Waals surface area contributed by atoms with Crippen LogP contribution in [0.5, 0.6) is 11.5 Å². The summed E-state index contributed by atoms with van der Waals surface area (Å²) >= 11 is 1.23. The number of methoxy groups -OCH3 is 2. The molecule has 4 nitrogen and oxygen atoms in total. The standard InChI is InChI=1S/C19H17F3N2O2S/c1-11-8-15(25-2)16(26-3)9-12(11)10-27-17-13-6-4-5-7-14(13)23-18(24-17)19(20,21)22/h4-9H,10H2,1-3H3. The summed E-state index contributed by atoms with van der Waals surface area (Å²) in [5, 5.41) is 0.885. The van der Waals surface area contributed by atoms with Crippen LogP contribution in [-0.2, 0) is 11.9 Å². The van der Waals surface area contributed by atoms with Gasteiger partial charge < -0.3 is 9.47 Å². The first-order chi connectivity index (χ1) is 12.8. The van der Waals surface area contributed by atoms with Crippen molar-refractivity contribution in [1.82, 2.24) is 9.97 Å². The van der Waals surface area contributed by atoms with Gasteiger partial charge in [-0.25, -0.2) is 9.97 Å². The number of nitrogens with zero attached hydrogens (tertiary/aromatic N) is 2. The van der Waals surface area contributed by atoms with Crippen molar-refractivity contribution in [2.24, 2.45) is 0 Å². The zero-order valence-electron chi connectivity index (χ0n) is 14.9. The lowest BCUT2D eigenvalue weighted by Gasteiger charge is -2.13. The molecule has 0 fully saturated rings. The number of hydrogen-bond donors (Lipinski definition) is 0. The van der Waals surface area contributed by atoms with Crippen molar-refractivity contribution in [3.8, 4) is 11.5 Å². The molecule has 0 saturated heterocycles. The fourth-order valence-electron chi connectivity index (χ4n) is 2.61. The smallest absolute Gasteiger partial charge is 0.451 e. The van der Waals surface area contributed by atoms with Crippen molar-refractivity contribution in [2.75, 3.05) is 14.2 Å². The third kappa shape index (κ3) is 4.10. The van der Waals surface area contributed by atoms with Crippen LogP contribution in [0.15, 0.2) is 41.4 Å². The number of thioether (sulfide) groups is 1. The first-order valence-electron chi connectivity index (χ1n) is 8.01. The summed E-state index contributed by atoms with van der Waals surface area (Å²) in [6, 6.07) is 10.4. The molecule has 0 aliphatic rings. The van der Waals surface area contributed by atoms with Crippen molar-refractivity contribution in [1.29, 1.82) is 0 Å². The summed E-state index contributed by atoms with van der Waals surface area (Å²) in [5.74, 6) is 0.482. The van der Waals surface area contributed by atoms with Crippen LogP contribution in [0.4, 0.5) is 13.2 Å². The van der Waals surface area contributed by atoms with Gasteiger partial charge in [0, 0.05) is 11.1 Å². The number of halogens is 3. The minimum absolute atomic E-state index is 0.270. The van der Waals surface area contributed by atoms with Gasteiger partial charge in [-0.15, -0.1) is 11.8 Å². The number of fused-ring (bicyclic) bond motifs is 1. The quantitative estimate of drug-likeness (QED) is 0.436. The van der Waals surface area contributed by atoms with Gasteiger partial charge in [0.05, 0.1) is 19.7 Å². The number of hydrogen-bond acceptors (Lipinski definition) is 5. The predicted molar refractivity (Wildman–Crippen MR) is 98.4 cm³/mol. The zero-order valence-corrected chi connectivity index (χ0v) is 15.7. The van der Waals surface area contributed by atoms with Crippen LogP contribution >= 0.6 is 11.8 Å². The molecule has 27 heavy (non-hydrogen) atoms. The SMILES string of the molecule is COc1cc(C)c(CSc2nc(C(F)(F)F)nc3ccccc23)cc1OC. The molecule has 0 atom stereocenters. The Morgan fingerprint density at radius 2 is 1.67 bits per heavy atom. The third-order valence-corrected chi connectivity index (χ3v) is 5.07. The first kappa shape index (κ1) is 19.3. The number of ether oxygens (including phenoxy) is 2. The lowest BCUT2D eigenvalue weighted by atomic mass is 10.1. The van der Waals surface area contributed by atoms with E-state index < -0.39 is 12.0 Å². The molecular weight excluding hydrogens is 377 g/mol. The molecule has 8 heteroatoms. The van der Waals surface area contributed by atoms with Crippen molar-refractivity contribution < 1.29 is 22.6 Å². The number of rotatable bonds is 5. The number of benzene rings is 2. The van der Waals surface area contributed by atoms with E-state index in [1.165, 1.54) is 18.9 Å². The van der Waals surface area contributed by atoms with Gasteiger partial charge in [-0.2, -0.15) is 13.2 Å². The zero-order chi connectivity index (χ0) is 19.6. The molecule has 0 radical (unpaired) electrons. The van der Waals surface area contributed by atoms with Crippen LogP contribution in [0.1, 0.15) is 17.0 Å². The number of aromatic nitrogens is 2. The summed E-state index contributed by atoms with van der Waals surface area (Å²) in [5.41, 5.74) is 2.15. The fraction of sp³-hybridized carbons (Fsp3) is 0.263. The van der Waals surface area contributed by atoms with Gasteiger partial charge in [0.15, 0.2) is 11.5 Å². The topological polar surface area (TPSA) is 44.2 Å². The predicted octanol–water partition coefficient (Wildman–Crippen LogP) is 5.27. The summed E-state index contributed by atoms with van der Waals surface area (Å²) in [4.78, 5) is 7.41. The molecule has 0 unspecified atom stereocenters. The lowest BCUT2D eigenvalue weighted by Crippen LogP contribution is -2.11. The van der Waals surface area contributed by atoms with E-state index in [-0.39, 0.29) is 5.52 Å². The Kier molecular flexibility index (Phi) is 5.46. The van der Waals surface area contributed by atoms with E-state index in [4.69, 9.17) is 9.47 Å². The highest BCUT2D eigenvalue weighted by atomic mass is 32.2. The van der Waals surface area contributed by atoms with E-state index in [0.717, 1.165) is 11.1 Å². The molecule has 0 saturated carbocycles. The highest BCUT2D eigenvalue weighted by molar-refractivity contribution is 7.98. The van der Waals surface area contributed by atoms with Gasteiger partial charge in [0.2, 0.25) is 5.82 Å². The highest BCUT2D eigenvalue weighted by Gasteiger charge is 2.35. The molecule has 1 heterocycles. The maximum atomic E-state index is 13.1. The molecule has 0 amide bonds. The van der Waals surface area contributed by atoms with Crippen LogP contribution in [0, 0.1) is 6.92 Å². The summed E-state index contributed by atoms with van der Waals surface area (Å²) in [6.07, 6.45) is -4.60. The van der Waals surface area contributed by atoms with Crippen LogP contribution in [0.2, 0.25) is 0 Å². The second-order valence-corrected chi connectivity index (χ2v) is 6.75. The Balaban J connectivity index is 1.98. The Labute approximate surface area is 158 Å². The van der Waals surface area contributed by atoms with Crippen LogP contribution in [0.25, 0.3) is 10.9 Å². The van der Waals surface area contributed by atoms with Crippen LogP contribution in [-0.4, -0.2) is 24.2 Å². The van der Waals surface area contributed by atoms with Gasteiger partial charge >= 0.3 is 6.18 Å². The van der Waals surface area contributed by atoms with E-state index >= 15 is 0 Å². The Bertz CT molecular complexity index is 977. The van der Waals surface area contributed by atoms with Gasteiger partial charge in [-0.1, -0.05) is 18.2 Å². The van der Waals surface area contributed by atoms with E-state index in [0.29, 0.717) is 27.7 Å². The molecule has 0 aliphatic carbocycles. The summed E-state index contributed by atoms with van der Waals surface area (Å²) in [6.45, 7) is 1.91. The number of para-hydroxylation sites is 1. The van der Waals surface area contributed by atoms with E-state index in [1.54, 1.807) is 31.4 Å². The molecule has 0 aliphatic heterocycles. The van der Waals surface area contributed by atoms with Crippen LogP contribution in [0.3, 0.4) is 0 Å². The molecule has 1 aromatic heterocycles. The Morgan fingerprint density at radius 3 is 2.33 bits per heavy atom. The van der Waals surface area contributed by atoms with Crippen molar-refractivity contribution in [3.63, 3.8) is 0 Å². The number of alkyl halides is 3. The van der Waals surface area contributed by atoms with Crippen molar-refractivity contribution in [3.05, 3.63) is 53.3 Å². The molecule has 0 N–H and O–H groups in total. The average molecular weight is 394 g/mol. The van der Waals surface area contributed by atoms with E-state index in [9.17, 15) is 13.2 Å². The van der Waals surface area contributed by atoms with Gasteiger partial charge in [0.1, 0.15) is 5.03 Å². The number of aryl methyl sites for hydroxylation is 1. The molecule has 0 spiro atoms. The van der Waals surface area contributed by atoms with E-state index in [1.807, 2.05) is 19.1 Å². The molecule has 3 aromatic rings. The summed E-state index contributed by atoms with van der Waals surface area (Å²) in [7, 11) is 3.09. The first-order valence-corrected chi connectivity index (χ1v) is 9.00. The largest absolute Gasteiger partial charge is 0.493 e. The minimum Gasteiger partial charge on any atom is -0.493 e. The Morgan fingerprint density at radius 1 is 1.00 bits per heavy atom. The van der Waals surface area contributed by atoms with Crippen LogP contribution < -0.4 is 9.47 Å². The monoisotopic (exact) mass is 394 g/mol. The third-order valence-electron chi connectivity index (χ3n) is 4.03.